The van der Waals surface area contributed by atoms with E-state index >= 15 is 0 Å². The zero-order chi connectivity index (χ0) is 18.7. The van der Waals surface area contributed by atoms with Crippen molar-refractivity contribution in [3.63, 3.8) is 0 Å². The lowest BCUT2D eigenvalue weighted by atomic mass is 9.90. The molecule has 0 bridgehead atoms. The Kier molecular flexibility index (Phi) is 5.97. The number of benzene rings is 2. The third-order valence-corrected chi connectivity index (χ3v) is 4.57. The third kappa shape index (κ3) is 4.87. The number of hydrogen-bond acceptors (Lipinski definition) is 3. The van der Waals surface area contributed by atoms with Crippen LogP contribution in [0.25, 0.3) is 0 Å². The molecule has 0 aromatic heterocycles. The monoisotopic (exact) mass is 464 g/mol. The molecule has 0 saturated carbocycles. The van der Waals surface area contributed by atoms with Gasteiger partial charge in [-0.3, -0.25) is 0 Å². The summed E-state index contributed by atoms with van der Waals surface area (Å²) in [4.78, 5) is 12.5. The Morgan fingerprint density at radius 1 is 1.08 bits per heavy atom. The standard InChI is InChI=1S/C18H16F3IO3/c1-17(11-18(19,20)21,13-8-4-6-10-15(13)24-2)25-16(23)12-7-3-5-9-14(12)22/h3-10H,11H2,1-2H3. The largest absolute Gasteiger partial charge is 0.496 e. The summed E-state index contributed by atoms with van der Waals surface area (Å²) in [6.45, 7) is 1.24. The number of hydrogen-bond donors (Lipinski definition) is 0. The smallest absolute Gasteiger partial charge is 0.393 e. The highest BCUT2D eigenvalue weighted by atomic mass is 127. The molecule has 0 spiro atoms. The fraction of sp³-hybridized carbons (Fsp3) is 0.278. The van der Waals surface area contributed by atoms with Crippen LogP contribution in [-0.2, 0) is 10.3 Å². The van der Waals surface area contributed by atoms with Crippen molar-refractivity contribution in [1.82, 2.24) is 0 Å². The molecule has 0 N–H and O–H groups in total. The first-order valence-electron chi connectivity index (χ1n) is 7.34. The number of methoxy groups -OCH3 is 1. The normalized spacial score (nSPS) is 13.8. The minimum absolute atomic E-state index is 0.161. The third-order valence-electron chi connectivity index (χ3n) is 3.63. The maximum absolute atomic E-state index is 13.2. The van der Waals surface area contributed by atoms with Crippen molar-refractivity contribution in [3.05, 3.63) is 63.2 Å². The zero-order valence-electron chi connectivity index (χ0n) is 13.6. The summed E-state index contributed by atoms with van der Waals surface area (Å²) in [5.74, 6) is -0.590. The number of carbonyl (C=O) groups excluding carboxylic acids is 1. The highest BCUT2D eigenvalue weighted by molar-refractivity contribution is 14.1. The molecule has 2 aromatic rings. The quantitative estimate of drug-likeness (QED) is 0.444. The zero-order valence-corrected chi connectivity index (χ0v) is 15.7. The molecule has 1 atom stereocenters. The van der Waals surface area contributed by atoms with Crippen LogP contribution in [0.4, 0.5) is 13.2 Å². The summed E-state index contributed by atoms with van der Waals surface area (Å²) in [5, 5.41) is 0. The number of para-hydroxylation sites is 1. The van der Waals surface area contributed by atoms with Crippen LogP contribution < -0.4 is 4.74 Å². The van der Waals surface area contributed by atoms with Gasteiger partial charge in [-0.05, 0) is 47.7 Å². The van der Waals surface area contributed by atoms with E-state index in [0.29, 0.717) is 3.57 Å². The number of rotatable bonds is 5. The van der Waals surface area contributed by atoms with Crippen molar-refractivity contribution >= 4 is 28.6 Å². The summed E-state index contributed by atoms with van der Waals surface area (Å²) in [5.41, 5.74) is -1.54. The lowest BCUT2D eigenvalue weighted by Crippen LogP contribution is -2.35. The topological polar surface area (TPSA) is 35.5 Å². The van der Waals surface area contributed by atoms with E-state index in [4.69, 9.17) is 9.47 Å². The van der Waals surface area contributed by atoms with Crippen molar-refractivity contribution in [2.45, 2.75) is 25.1 Å². The lowest BCUT2D eigenvalue weighted by Gasteiger charge is -2.32. The highest BCUT2D eigenvalue weighted by Gasteiger charge is 2.45. The summed E-state index contributed by atoms with van der Waals surface area (Å²) >= 11 is 1.94. The van der Waals surface area contributed by atoms with E-state index in [2.05, 4.69) is 0 Å². The Hall–Kier alpha value is -1.77. The van der Waals surface area contributed by atoms with Crippen molar-refractivity contribution in [1.29, 1.82) is 0 Å². The van der Waals surface area contributed by atoms with Crippen molar-refractivity contribution < 1.29 is 27.4 Å². The molecule has 3 nitrogen and oxygen atoms in total. The van der Waals surface area contributed by atoms with Gasteiger partial charge in [-0.25, -0.2) is 4.79 Å². The predicted molar refractivity (Wildman–Crippen MR) is 95.6 cm³/mol. The number of carbonyl (C=O) groups is 1. The van der Waals surface area contributed by atoms with Gasteiger partial charge in [0.05, 0.1) is 19.1 Å². The van der Waals surface area contributed by atoms with E-state index in [1.54, 1.807) is 30.3 Å². The molecule has 0 aliphatic carbocycles. The molecule has 2 rings (SSSR count). The van der Waals surface area contributed by atoms with Gasteiger partial charge in [0, 0.05) is 9.13 Å². The minimum atomic E-state index is -4.53. The van der Waals surface area contributed by atoms with E-state index in [9.17, 15) is 18.0 Å². The van der Waals surface area contributed by atoms with Gasteiger partial charge in [-0.15, -0.1) is 0 Å². The number of ether oxygens (including phenoxy) is 2. The Bertz CT molecular complexity index is 761. The van der Waals surface area contributed by atoms with Gasteiger partial charge >= 0.3 is 12.1 Å². The van der Waals surface area contributed by atoms with Gasteiger partial charge in [0.2, 0.25) is 0 Å². The number of esters is 1. The molecule has 0 aliphatic rings. The summed E-state index contributed by atoms with van der Waals surface area (Å²) in [6.07, 6.45) is -5.85. The first-order valence-corrected chi connectivity index (χ1v) is 8.42. The fourth-order valence-corrected chi connectivity index (χ4v) is 3.14. The van der Waals surface area contributed by atoms with Crippen LogP contribution in [0.2, 0.25) is 0 Å². The van der Waals surface area contributed by atoms with Crippen LogP contribution in [0.5, 0.6) is 5.75 Å². The van der Waals surface area contributed by atoms with E-state index in [1.165, 1.54) is 32.2 Å². The molecule has 0 fully saturated rings. The maximum atomic E-state index is 13.2. The maximum Gasteiger partial charge on any atom is 0.393 e. The molecular formula is C18H16F3IO3. The van der Waals surface area contributed by atoms with Crippen LogP contribution in [0, 0.1) is 3.57 Å². The molecule has 2 aromatic carbocycles. The van der Waals surface area contributed by atoms with Gasteiger partial charge in [0.1, 0.15) is 11.4 Å². The second-order valence-corrected chi connectivity index (χ2v) is 6.75. The predicted octanol–water partition coefficient (Wildman–Crippen LogP) is 5.32. The first-order chi connectivity index (χ1) is 11.7. The Labute approximate surface area is 157 Å². The summed E-state index contributed by atoms with van der Waals surface area (Å²) in [7, 11) is 1.36. The van der Waals surface area contributed by atoms with Crippen LogP contribution in [0.15, 0.2) is 48.5 Å². The number of alkyl halides is 3. The first kappa shape index (κ1) is 19.6. The molecule has 0 aliphatic heterocycles. The van der Waals surface area contributed by atoms with Crippen molar-refractivity contribution in [2.24, 2.45) is 0 Å². The van der Waals surface area contributed by atoms with Crippen molar-refractivity contribution in [2.75, 3.05) is 7.11 Å². The van der Waals surface area contributed by atoms with Gasteiger partial charge in [-0.2, -0.15) is 13.2 Å². The molecule has 1 unspecified atom stereocenters. The van der Waals surface area contributed by atoms with E-state index in [-0.39, 0.29) is 16.9 Å². The fourth-order valence-electron chi connectivity index (χ4n) is 2.54. The van der Waals surface area contributed by atoms with Gasteiger partial charge < -0.3 is 9.47 Å². The van der Waals surface area contributed by atoms with E-state index in [0.717, 1.165) is 0 Å². The average Bonchev–Trinajstić information content (AvgIpc) is 2.53. The Balaban J connectivity index is 2.46. The molecule has 7 heteroatoms. The number of halogens is 4. The van der Waals surface area contributed by atoms with Crippen LogP contribution >= 0.6 is 22.6 Å². The van der Waals surface area contributed by atoms with Crippen LogP contribution in [0.3, 0.4) is 0 Å². The molecule has 0 radical (unpaired) electrons. The molecule has 0 saturated heterocycles. The summed E-state index contributed by atoms with van der Waals surface area (Å²) in [6, 6.07) is 12.8. The van der Waals surface area contributed by atoms with E-state index < -0.39 is 24.2 Å². The van der Waals surface area contributed by atoms with Crippen molar-refractivity contribution in [3.8, 4) is 5.75 Å². The molecule has 0 amide bonds. The van der Waals surface area contributed by atoms with Gasteiger partial charge in [0.25, 0.3) is 0 Å². The second-order valence-electron chi connectivity index (χ2n) is 5.59. The lowest BCUT2D eigenvalue weighted by molar-refractivity contribution is -0.175. The Morgan fingerprint density at radius 2 is 1.68 bits per heavy atom. The SMILES string of the molecule is COc1ccccc1C(C)(CC(F)(F)F)OC(=O)c1ccccc1I. The van der Waals surface area contributed by atoms with Crippen LogP contribution in [-0.4, -0.2) is 19.3 Å². The van der Waals surface area contributed by atoms with Crippen LogP contribution in [0.1, 0.15) is 29.3 Å². The molecular weight excluding hydrogens is 448 g/mol. The molecule has 134 valence electrons. The highest BCUT2D eigenvalue weighted by Crippen LogP contribution is 2.41. The van der Waals surface area contributed by atoms with E-state index in [1.807, 2.05) is 22.6 Å². The Morgan fingerprint density at radius 3 is 2.28 bits per heavy atom. The van der Waals surface area contributed by atoms with Gasteiger partial charge in [0.15, 0.2) is 0 Å². The van der Waals surface area contributed by atoms with Gasteiger partial charge in [-0.1, -0.05) is 30.3 Å². The summed E-state index contributed by atoms with van der Waals surface area (Å²) < 4.78 is 50.6. The average molecular weight is 464 g/mol. The molecule has 0 heterocycles. The second kappa shape index (κ2) is 7.63. The molecule has 25 heavy (non-hydrogen) atoms. The minimum Gasteiger partial charge on any atom is -0.496 e.